The fraction of sp³-hybridized carbons (Fsp3) is 0.375. The zero-order valence-corrected chi connectivity index (χ0v) is 17.6. The Hall–Kier alpha value is -3.19. The van der Waals surface area contributed by atoms with Crippen molar-refractivity contribution in [1.82, 2.24) is 24.6 Å². The molecule has 0 spiro atoms. The van der Waals surface area contributed by atoms with Crippen LogP contribution in [0, 0.1) is 0 Å². The van der Waals surface area contributed by atoms with Gasteiger partial charge in [0.05, 0.1) is 35.3 Å². The van der Waals surface area contributed by atoms with E-state index in [1.165, 1.54) is 25.7 Å². The van der Waals surface area contributed by atoms with Crippen LogP contribution in [0.15, 0.2) is 42.6 Å². The summed E-state index contributed by atoms with van der Waals surface area (Å²) in [4.78, 5) is 23.5. The molecular weight excluding hydrogens is 388 g/mol. The van der Waals surface area contributed by atoms with Crippen LogP contribution < -0.4 is 5.32 Å². The normalized spacial score (nSPS) is 19.5. The summed E-state index contributed by atoms with van der Waals surface area (Å²) < 4.78 is 2.07. The molecule has 31 heavy (non-hydrogen) atoms. The van der Waals surface area contributed by atoms with E-state index < -0.39 is 0 Å². The topological polar surface area (TPSA) is 78.8 Å². The molecule has 6 rings (SSSR count). The third kappa shape index (κ3) is 3.49. The molecule has 1 atom stereocenters. The maximum absolute atomic E-state index is 12.8. The quantitative estimate of drug-likeness (QED) is 0.505. The van der Waals surface area contributed by atoms with Gasteiger partial charge < -0.3 is 10.3 Å². The summed E-state index contributed by atoms with van der Waals surface area (Å²) in [6.07, 6.45) is 6.74. The van der Waals surface area contributed by atoms with Crippen LogP contribution >= 0.6 is 0 Å². The highest BCUT2D eigenvalue weighted by atomic mass is 16.1. The molecular formula is C24H26N6O. The number of likely N-dealkylation sites (tertiary alicyclic amines) is 1. The van der Waals surface area contributed by atoms with Gasteiger partial charge in [0.1, 0.15) is 5.82 Å². The third-order valence-electron chi connectivity index (χ3n) is 6.58. The van der Waals surface area contributed by atoms with Crippen molar-refractivity contribution in [2.45, 2.75) is 51.2 Å². The second-order valence-corrected chi connectivity index (χ2v) is 8.93. The van der Waals surface area contributed by atoms with Crippen molar-refractivity contribution < 1.29 is 4.79 Å². The van der Waals surface area contributed by atoms with E-state index in [1.54, 1.807) is 0 Å². The molecule has 0 radical (unpaired) electrons. The van der Waals surface area contributed by atoms with Gasteiger partial charge in [0.15, 0.2) is 0 Å². The molecule has 3 heterocycles. The smallest absolute Gasteiger partial charge is 0.255 e. The highest BCUT2D eigenvalue weighted by Crippen LogP contribution is 2.36. The predicted molar refractivity (Wildman–Crippen MR) is 121 cm³/mol. The summed E-state index contributed by atoms with van der Waals surface area (Å²) in [5.74, 6) is 0.858. The highest BCUT2D eigenvalue weighted by Gasteiger charge is 2.26. The Bertz CT molecular complexity index is 1280. The Morgan fingerprint density at radius 2 is 2.10 bits per heavy atom. The van der Waals surface area contributed by atoms with Gasteiger partial charge in [0, 0.05) is 22.7 Å². The number of nitrogens with zero attached hydrogens (tertiary/aromatic N) is 4. The van der Waals surface area contributed by atoms with Gasteiger partial charge in [-0.15, -0.1) is 0 Å². The Morgan fingerprint density at radius 3 is 2.90 bits per heavy atom. The van der Waals surface area contributed by atoms with E-state index in [-0.39, 0.29) is 5.91 Å². The number of anilines is 1. The number of H-pyrrole nitrogens is 1. The number of aromatic amines is 1. The van der Waals surface area contributed by atoms with Crippen LogP contribution in [-0.4, -0.2) is 43.1 Å². The fourth-order valence-electron chi connectivity index (χ4n) is 4.64. The summed E-state index contributed by atoms with van der Waals surface area (Å²) in [6, 6.07) is 12.8. The molecule has 1 unspecified atom stereocenters. The summed E-state index contributed by atoms with van der Waals surface area (Å²) in [5, 5.41) is 8.52. The van der Waals surface area contributed by atoms with Gasteiger partial charge in [0.25, 0.3) is 5.91 Å². The molecule has 158 valence electrons. The van der Waals surface area contributed by atoms with Crippen molar-refractivity contribution in [3.63, 3.8) is 0 Å². The van der Waals surface area contributed by atoms with Crippen molar-refractivity contribution in [3.8, 4) is 0 Å². The minimum absolute atomic E-state index is 0.119. The first-order valence-corrected chi connectivity index (χ1v) is 11.2. The Labute approximate surface area is 180 Å². The lowest BCUT2D eigenvalue weighted by Crippen LogP contribution is -2.26. The molecule has 7 nitrogen and oxygen atoms in total. The van der Waals surface area contributed by atoms with E-state index in [9.17, 15) is 4.79 Å². The zero-order valence-electron chi connectivity index (χ0n) is 17.6. The third-order valence-corrected chi connectivity index (χ3v) is 6.58. The monoisotopic (exact) mass is 414 g/mol. The number of amides is 1. The predicted octanol–water partition coefficient (Wildman–Crippen LogP) is 4.48. The van der Waals surface area contributed by atoms with Crippen molar-refractivity contribution in [2.75, 3.05) is 11.9 Å². The maximum atomic E-state index is 12.8. The van der Waals surface area contributed by atoms with Crippen LogP contribution in [0.2, 0.25) is 0 Å². The average molecular weight is 415 g/mol. The number of imidazole rings is 1. The van der Waals surface area contributed by atoms with E-state index >= 15 is 0 Å². The Morgan fingerprint density at radius 1 is 1.19 bits per heavy atom. The van der Waals surface area contributed by atoms with Gasteiger partial charge in [-0.25, -0.2) is 4.98 Å². The lowest BCUT2D eigenvalue weighted by atomic mass is 10.1. The molecule has 2 aromatic heterocycles. The minimum atomic E-state index is -0.119. The van der Waals surface area contributed by atoms with Crippen LogP contribution in [-0.2, 0) is 6.54 Å². The molecule has 2 aliphatic rings. The number of rotatable bonds is 5. The molecule has 1 aliphatic heterocycles. The molecule has 1 saturated heterocycles. The first-order chi connectivity index (χ1) is 15.1. The first kappa shape index (κ1) is 18.6. The first-order valence-electron chi connectivity index (χ1n) is 11.2. The average Bonchev–Trinajstić information content (AvgIpc) is 3.20. The number of benzene rings is 2. The maximum Gasteiger partial charge on any atom is 0.255 e. The van der Waals surface area contributed by atoms with E-state index in [0.717, 1.165) is 46.5 Å². The van der Waals surface area contributed by atoms with Gasteiger partial charge in [-0.3, -0.25) is 14.4 Å². The van der Waals surface area contributed by atoms with E-state index in [1.807, 2.05) is 42.6 Å². The molecule has 1 amide bonds. The number of hydrogen-bond acceptors (Lipinski definition) is 4. The van der Waals surface area contributed by atoms with Crippen LogP contribution in [0.3, 0.4) is 0 Å². The fourth-order valence-corrected chi connectivity index (χ4v) is 4.64. The Kier molecular flexibility index (Phi) is 4.31. The Balaban J connectivity index is 1.20. The van der Waals surface area contributed by atoms with Crippen LogP contribution in [0.5, 0.6) is 0 Å². The molecule has 7 heteroatoms. The number of aromatic nitrogens is 4. The number of nitrogens with one attached hydrogen (secondary N) is 2. The van der Waals surface area contributed by atoms with Crippen molar-refractivity contribution in [3.05, 3.63) is 54.0 Å². The standard InChI is InChI=1S/C24H26N6O/c1-15-3-2-10-29(15)14-23-27-20-8-5-18(12-21(20)28-23)26-24(31)16-4-9-22-17(11-16)13-25-30(22)19-6-7-19/h4-5,8-9,11-13,15,19H,2-3,6-7,10,14H2,1H3,(H,26,31)(H,27,28). The summed E-state index contributed by atoms with van der Waals surface area (Å²) in [6.45, 7) is 4.24. The van der Waals surface area contributed by atoms with Crippen molar-refractivity contribution in [2.24, 2.45) is 0 Å². The van der Waals surface area contributed by atoms with Gasteiger partial charge in [-0.2, -0.15) is 5.10 Å². The molecule has 4 aromatic rings. The SMILES string of the molecule is CC1CCCN1Cc1nc2ccc(NC(=O)c3ccc4c(cnn4C4CC4)c3)cc2[nH]1. The molecule has 1 saturated carbocycles. The van der Waals surface area contributed by atoms with Gasteiger partial charge in [-0.05, 0) is 75.5 Å². The molecule has 0 bridgehead atoms. The lowest BCUT2D eigenvalue weighted by molar-refractivity contribution is 0.102. The summed E-state index contributed by atoms with van der Waals surface area (Å²) in [5.41, 5.74) is 4.36. The van der Waals surface area contributed by atoms with Gasteiger partial charge in [-0.1, -0.05) is 0 Å². The highest BCUT2D eigenvalue weighted by molar-refractivity contribution is 6.06. The van der Waals surface area contributed by atoms with E-state index in [0.29, 0.717) is 17.6 Å². The summed E-state index contributed by atoms with van der Waals surface area (Å²) in [7, 11) is 0. The van der Waals surface area contributed by atoms with Gasteiger partial charge >= 0.3 is 0 Å². The minimum Gasteiger partial charge on any atom is -0.341 e. The summed E-state index contributed by atoms with van der Waals surface area (Å²) >= 11 is 0. The lowest BCUT2D eigenvalue weighted by Gasteiger charge is -2.19. The zero-order chi connectivity index (χ0) is 20.9. The van der Waals surface area contributed by atoms with Crippen molar-refractivity contribution >= 4 is 33.5 Å². The second kappa shape index (κ2) is 7.20. The largest absolute Gasteiger partial charge is 0.341 e. The van der Waals surface area contributed by atoms with Crippen LogP contribution in [0.25, 0.3) is 21.9 Å². The number of carbonyl (C=O) groups excluding carboxylic acids is 1. The van der Waals surface area contributed by atoms with Crippen molar-refractivity contribution in [1.29, 1.82) is 0 Å². The van der Waals surface area contributed by atoms with Crippen LogP contribution in [0.1, 0.15) is 54.8 Å². The van der Waals surface area contributed by atoms with E-state index in [4.69, 9.17) is 4.98 Å². The molecule has 1 aliphatic carbocycles. The molecule has 2 aromatic carbocycles. The molecule has 2 N–H and O–H groups in total. The number of carbonyl (C=O) groups is 1. The van der Waals surface area contributed by atoms with E-state index in [2.05, 4.69) is 31.9 Å². The second-order valence-electron chi connectivity index (χ2n) is 8.93. The molecule has 2 fully saturated rings. The van der Waals surface area contributed by atoms with Gasteiger partial charge in [0.2, 0.25) is 0 Å². The van der Waals surface area contributed by atoms with Crippen LogP contribution in [0.4, 0.5) is 5.69 Å². The number of fused-ring (bicyclic) bond motifs is 2. The number of hydrogen-bond donors (Lipinski definition) is 2.